The number of carbonyl (C=O) groups is 1. The number of likely N-dealkylation sites (N-methyl/N-ethyl adjacent to an activating group) is 1. The number of amides is 1. The molecule has 0 radical (unpaired) electrons. The summed E-state index contributed by atoms with van der Waals surface area (Å²) in [6, 6.07) is 10.0. The molecule has 8 heteroatoms. The number of rotatable bonds is 5. The zero-order valence-corrected chi connectivity index (χ0v) is 20.0. The Kier molecular flexibility index (Phi) is 5.86. The Labute approximate surface area is 196 Å². The molecule has 0 N–H and O–H groups in total. The molecule has 33 heavy (non-hydrogen) atoms. The number of aromatic nitrogens is 2. The molecule has 1 amide bonds. The van der Waals surface area contributed by atoms with Gasteiger partial charge in [0.25, 0.3) is 0 Å². The third-order valence-corrected chi connectivity index (χ3v) is 7.29. The Bertz CT molecular complexity index is 1010. The lowest BCUT2D eigenvalue weighted by atomic mass is 9.93. The van der Waals surface area contributed by atoms with Crippen LogP contribution in [0, 0.1) is 6.92 Å². The molecule has 8 nitrogen and oxygen atoms in total. The van der Waals surface area contributed by atoms with E-state index in [-0.39, 0.29) is 5.91 Å². The molecule has 1 aromatic heterocycles. The van der Waals surface area contributed by atoms with Gasteiger partial charge in [-0.25, -0.2) is 4.98 Å². The zero-order valence-electron chi connectivity index (χ0n) is 20.0. The van der Waals surface area contributed by atoms with Crippen molar-refractivity contribution in [2.75, 3.05) is 76.3 Å². The molecule has 1 saturated carbocycles. The SMILES string of the molecule is COc1ccccc1C1(C(=O)N2CCN(c3nc(C)cc(N4CCN(C)CC4)n3)CC2)CC1. The lowest BCUT2D eigenvalue weighted by Gasteiger charge is -2.37. The summed E-state index contributed by atoms with van der Waals surface area (Å²) in [4.78, 5) is 32.1. The fourth-order valence-corrected chi connectivity index (χ4v) is 5.05. The second-order valence-corrected chi connectivity index (χ2v) is 9.52. The molecular weight excluding hydrogens is 416 g/mol. The van der Waals surface area contributed by atoms with Crippen LogP contribution in [0.5, 0.6) is 5.75 Å². The number of para-hydroxylation sites is 1. The molecule has 5 rings (SSSR count). The summed E-state index contributed by atoms with van der Waals surface area (Å²) in [5.41, 5.74) is 1.60. The first kappa shape index (κ1) is 21.9. The largest absolute Gasteiger partial charge is 0.496 e. The third-order valence-electron chi connectivity index (χ3n) is 7.29. The molecule has 0 unspecified atom stereocenters. The number of methoxy groups -OCH3 is 1. The standard InChI is InChI=1S/C25H34N6O2/c1-19-18-22(29-12-10-28(2)11-13-29)27-24(26-19)31-16-14-30(15-17-31)23(32)25(8-9-25)20-6-4-5-7-21(20)33-3/h4-7,18H,8-17H2,1-3H3. The molecule has 0 spiro atoms. The molecule has 176 valence electrons. The average molecular weight is 451 g/mol. The lowest BCUT2D eigenvalue weighted by molar-refractivity contribution is -0.134. The third kappa shape index (κ3) is 4.24. The highest BCUT2D eigenvalue weighted by Crippen LogP contribution is 2.52. The summed E-state index contributed by atoms with van der Waals surface area (Å²) in [7, 11) is 3.84. The molecule has 2 aromatic rings. The highest BCUT2D eigenvalue weighted by molar-refractivity contribution is 5.92. The van der Waals surface area contributed by atoms with Gasteiger partial charge in [-0.1, -0.05) is 18.2 Å². The quantitative estimate of drug-likeness (QED) is 0.690. The molecule has 2 saturated heterocycles. The number of aryl methyl sites for hydroxylation is 1. The van der Waals surface area contributed by atoms with Crippen LogP contribution in [0.3, 0.4) is 0 Å². The molecule has 1 aromatic carbocycles. The van der Waals surface area contributed by atoms with Gasteiger partial charge in [0.1, 0.15) is 11.6 Å². The summed E-state index contributed by atoms with van der Waals surface area (Å²) in [6.45, 7) is 8.99. The van der Waals surface area contributed by atoms with Crippen molar-refractivity contribution in [1.82, 2.24) is 19.8 Å². The van der Waals surface area contributed by atoms with Gasteiger partial charge in [0.2, 0.25) is 11.9 Å². The van der Waals surface area contributed by atoms with E-state index in [4.69, 9.17) is 14.7 Å². The van der Waals surface area contributed by atoms with E-state index < -0.39 is 5.41 Å². The van der Waals surface area contributed by atoms with Gasteiger partial charge in [0.05, 0.1) is 12.5 Å². The Morgan fingerprint density at radius 1 is 0.939 bits per heavy atom. The van der Waals surface area contributed by atoms with E-state index in [1.807, 2.05) is 36.1 Å². The van der Waals surface area contributed by atoms with Gasteiger partial charge in [-0.15, -0.1) is 0 Å². The maximum absolute atomic E-state index is 13.5. The predicted octanol–water partition coefficient (Wildman–Crippen LogP) is 1.93. The number of carbonyl (C=O) groups excluding carboxylic acids is 1. The minimum atomic E-state index is -0.413. The van der Waals surface area contributed by atoms with Crippen LogP contribution in [-0.2, 0) is 10.2 Å². The molecule has 3 fully saturated rings. The molecule has 2 aliphatic heterocycles. The van der Waals surface area contributed by atoms with E-state index in [1.165, 1.54) is 0 Å². The number of anilines is 2. The number of piperazine rings is 2. The van der Waals surface area contributed by atoms with Crippen molar-refractivity contribution in [2.24, 2.45) is 0 Å². The first-order valence-corrected chi connectivity index (χ1v) is 12.0. The summed E-state index contributed by atoms with van der Waals surface area (Å²) >= 11 is 0. The second kappa shape index (κ2) is 8.82. The topological polar surface area (TPSA) is 65.0 Å². The Hall–Kier alpha value is -2.87. The lowest BCUT2D eigenvalue weighted by Crippen LogP contribution is -2.52. The van der Waals surface area contributed by atoms with Gasteiger partial charge >= 0.3 is 0 Å². The number of hydrogen-bond acceptors (Lipinski definition) is 7. The van der Waals surface area contributed by atoms with E-state index >= 15 is 0 Å². The first-order valence-electron chi connectivity index (χ1n) is 12.0. The normalized spacial score (nSPS) is 20.6. The van der Waals surface area contributed by atoms with Gasteiger partial charge in [-0.05, 0) is 32.9 Å². The van der Waals surface area contributed by atoms with Crippen molar-refractivity contribution in [3.63, 3.8) is 0 Å². The van der Waals surface area contributed by atoms with Crippen LogP contribution in [0.25, 0.3) is 0 Å². The zero-order chi connectivity index (χ0) is 23.0. The van der Waals surface area contributed by atoms with Gasteiger partial charge < -0.3 is 24.3 Å². The smallest absolute Gasteiger partial charge is 0.233 e. The maximum atomic E-state index is 13.5. The molecule has 3 aliphatic rings. The summed E-state index contributed by atoms with van der Waals surface area (Å²) in [5, 5.41) is 0. The number of hydrogen-bond donors (Lipinski definition) is 0. The molecular formula is C25H34N6O2. The van der Waals surface area contributed by atoms with Crippen molar-refractivity contribution in [2.45, 2.75) is 25.2 Å². The van der Waals surface area contributed by atoms with Crippen LogP contribution in [0.15, 0.2) is 30.3 Å². The Morgan fingerprint density at radius 2 is 1.61 bits per heavy atom. The first-order chi connectivity index (χ1) is 16.0. The van der Waals surface area contributed by atoms with Crippen LogP contribution >= 0.6 is 0 Å². The predicted molar refractivity (Wildman–Crippen MR) is 129 cm³/mol. The second-order valence-electron chi connectivity index (χ2n) is 9.52. The monoisotopic (exact) mass is 450 g/mol. The van der Waals surface area contributed by atoms with Gasteiger partial charge in [-0.2, -0.15) is 4.98 Å². The summed E-state index contributed by atoms with van der Waals surface area (Å²) in [5.74, 6) is 2.83. The van der Waals surface area contributed by atoms with Crippen molar-refractivity contribution in [3.05, 3.63) is 41.6 Å². The van der Waals surface area contributed by atoms with Crippen LogP contribution in [0.2, 0.25) is 0 Å². The fraction of sp³-hybridized carbons (Fsp3) is 0.560. The average Bonchev–Trinajstić information content (AvgIpc) is 3.66. The fourth-order valence-electron chi connectivity index (χ4n) is 5.05. The molecule has 0 bridgehead atoms. The summed E-state index contributed by atoms with van der Waals surface area (Å²) in [6.07, 6.45) is 1.78. The molecule has 3 heterocycles. The number of ether oxygens (including phenoxy) is 1. The van der Waals surface area contributed by atoms with Crippen molar-refractivity contribution < 1.29 is 9.53 Å². The van der Waals surface area contributed by atoms with Crippen LogP contribution < -0.4 is 14.5 Å². The van der Waals surface area contributed by atoms with Crippen LogP contribution in [-0.4, -0.2) is 92.2 Å². The van der Waals surface area contributed by atoms with Crippen molar-refractivity contribution in [3.8, 4) is 5.75 Å². The van der Waals surface area contributed by atoms with E-state index in [0.29, 0.717) is 13.1 Å². The number of benzene rings is 1. The van der Waals surface area contributed by atoms with Crippen molar-refractivity contribution >= 4 is 17.7 Å². The minimum Gasteiger partial charge on any atom is -0.496 e. The van der Waals surface area contributed by atoms with Gasteiger partial charge in [0.15, 0.2) is 0 Å². The van der Waals surface area contributed by atoms with Crippen LogP contribution in [0.1, 0.15) is 24.1 Å². The molecule has 0 atom stereocenters. The van der Waals surface area contributed by atoms with E-state index in [0.717, 1.165) is 80.9 Å². The highest BCUT2D eigenvalue weighted by atomic mass is 16.5. The van der Waals surface area contributed by atoms with E-state index in [9.17, 15) is 4.79 Å². The van der Waals surface area contributed by atoms with E-state index in [2.05, 4.69) is 27.8 Å². The Morgan fingerprint density at radius 3 is 2.27 bits per heavy atom. The van der Waals surface area contributed by atoms with Gasteiger partial charge in [0, 0.05) is 69.7 Å². The van der Waals surface area contributed by atoms with E-state index in [1.54, 1.807) is 7.11 Å². The van der Waals surface area contributed by atoms with Gasteiger partial charge in [-0.3, -0.25) is 4.79 Å². The maximum Gasteiger partial charge on any atom is 0.233 e. The highest BCUT2D eigenvalue weighted by Gasteiger charge is 2.54. The Balaban J connectivity index is 1.26. The molecule has 1 aliphatic carbocycles. The van der Waals surface area contributed by atoms with Crippen molar-refractivity contribution in [1.29, 1.82) is 0 Å². The summed E-state index contributed by atoms with van der Waals surface area (Å²) < 4.78 is 5.56. The number of nitrogens with zero attached hydrogens (tertiary/aromatic N) is 6. The van der Waals surface area contributed by atoms with Crippen LogP contribution in [0.4, 0.5) is 11.8 Å². The minimum absolute atomic E-state index is 0.231.